The highest BCUT2D eigenvalue weighted by Crippen LogP contribution is 2.35. The SMILES string of the molecule is CCOC(=O)c1nc2n(n1)-c1ccc(Cl)c(Cl)c1C(c1c(F)cccc1F)=NC2. The van der Waals surface area contributed by atoms with Crippen molar-refractivity contribution >= 4 is 34.9 Å². The van der Waals surface area contributed by atoms with Gasteiger partial charge >= 0.3 is 5.97 Å². The van der Waals surface area contributed by atoms with Gasteiger partial charge < -0.3 is 4.74 Å². The summed E-state index contributed by atoms with van der Waals surface area (Å²) in [6.07, 6.45) is 0. The summed E-state index contributed by atoms with van der Waals surface area (Å²) in [5.41, 5.74) is 0.154. The van der Waals surface area contributed by atoms with Crippen LogP contribution in [0.25, 0.3) is 5.69 Å². The van der Waals surface area contributed by atoms with Crippen molar-refractivity contribution in [3.63, 3.8) is 0 Å². The number of hydrogen-bond acceptors (Lipinski definition) is 5. The Labute approximate surface area is 173 Å². The van der Waals surface area contributed by atoms with E-state index >= 15 is 0 Å². The quantitative estimate of drug-likeness (QED) is 0.571. The van der Waals surface area contributed by atoms with Gasteiger partial charge in [-0.25, -0.2) is 23.2 Å². The second kappa shape index (κ2) is 7.53. The molecule has 0 radical (unpaired) electrons. The van der Waals surface area contributed by atoms with Crippen LogP contribution in [0.2, 0.25) is 10.0 Å². The molecule has 29 heavy (non-hydrogen) atoms. The lowest BCUT2D eigenvalue weighted by Gasteiger charge is -2.14. The minimum Gasteiger partial charge on any atom is -0.460 e. The molecule has 2 heterocycles. The number of aliphatic imine (C=N–C) groups is 1. The molecular formula is C19H12Cl2F2N4O2. The maximum atomic E-state index is 14.5. The van der Waals surface area contributed by atoms with Crippen LogP contribution in [-0.4, -0.2) is 33.1 Å². The molecule has 0 atom stereocenters. The molecule has 0 amide bonds. The van der Waals surface area contributed by atoms with Gasteiger partial charge in [0, 0.05) is 5.56 Å². The number of esters is 1. The van der Waals surface area contributed by atoms with Gasteiger partial charge in [0.15, 0.2) is 5.82 Å². The molecule has 0 fully saturated rings. The first kappa shape index (κ1) is 19.5. The minimum absolute atomic E-state index is 0.0203. The summed E-state index contributed by atoms with van der Waals surface area (Å²) >= 11 is 12.6. The molecule has 10 heteroatoms. The molecule has 3 aromatic rings. The minimum atomic E-state index is -0.801. The molecule has 0 bridgehead atoms. The third-order valence-corrected chi connectivity index (χ3v) is 5.05. The smallest absolute Gasteiger partial charge is 0.378 e. The summed E-state index contributed by atoms with van der Waals surface area (Å²) in [6, 6.07) is 6.58. The second-order valence-electron chi connectivity index (χ2n) is 6.00. The van der Waals surface area contributed by atoms with E-state index in [1.807, 2.05) is 0 Å². The van der Waals surface area contributed by atoms with Gasteiger partial charge in [0.2, 0.25) is 0 Å². The normalized spacial score (nSPS) is 12.7. The van der Waals surface area contributed by atoms with Gasteiger partial charge in [0.1, 0.15) is 11.6 Å². The molecule has 0 saturated heterocycles. The number of benzene rings is 2. The van der Waals surface area contributed by atoms with E-state index in [1.165, 1.54) is 16.8 Å². The van der Waals surface area contributed by atoms with E-state index in [9.17, 15) is 13.6 Å². The molecule has 0 saturated carbocycles. The molecule has 1 aliphatic heterocycles. The van der Waals surface area contributed by atoms with E-state index in [0.717, 1.165) is 12.1 Å². The largest absolute Gasteiger partial charge is 0.460 e. The first-order valence-corrected chi connectivity index (χ1v) is 9.28. The second-order valence-corrected chi connectivity index (χ2v) is 6.79. The third-order valence-electron chi connectivity index (χ3n) is 4.25. The lowest BCUT2D eigenvalue weighted by Crippen LogP contribution is -2.13. The summed E-state index contributed by atoms with van der Waals surface area (Å²) in [6.45, 7) is 1.73. The first-order chi connectivity index (χ1) is 13.9. The number of fused-ring (bicyclic) bond motifs is 3. The molecule has 0 aliphatic carbocycles. The zero-order valence-electron chi connectivity index (χ0n) is 14.9. The van der Waals surface area contributed by atoms with E-state index in [2.05, 4.69) is 15.1 Å². The number of halogens is 4. The lowest BCUT2D eigenvalue weighted by atomic mass is 9.99. The van der Waals surface area contributed by atoms with Gasteiger partial charge in [-0.05, 0) is 31.2 Å². The van der Waals surface area contributed by atoms with Crippen LogP contribution < -0.4 is 0 Å². The zero-order chi connectivity index (χ0) is 20.7. The van der Waals surface area contributed by atoms with Crippen molar-refractivity contribution in [2.24, 2.45) is 4.99 Å². The summed E-state index contributed by atoms with van der Waals surface area (Å²) in [4.78, 5) is 20.5. The summed E-state index contributed by atoms with van der Waals surface area (Å²) < 4.78 is 35.3. The number of rotatable bonds is 3. The highest BCUT2D eigenvalue weighted by Gasteiger charge is 2.29. The Morgan fingerprint density at radius 2 is 1.90 bits per heavy atom. The molecule has 4 rings (SSSR count). The van der Waals surface area contributed by atoms with Gasteiger partial charge in [-0.1, -0.05) is 29.3 Å². The standard InChI is InChI=1S/C19H12Cl2F2N4O2/c1-2-29-19(28)18-25-13-8-24-17(14-10(22)4-3-5-11(14)23)15-12(27(13)26-18)7-6-9(20)16(15)21/h3-7H,2,8H2,1H3. The van der Waals surface area contributed by atoms with Crippen molar-refractivity contribution in [2.75, 3.05) is 6.61 Å². The average Bonchev–Trinajstić information content (AvgIpc) is 3.05. The van der Waals surface area contributed by atoms with Crippen molar-refractivity contribution in [1.82, 2.24) is 14.8 Å². The van der Waals surface area contributed by atoms with Crippen molar-refractivity contribution < 1.29 is 18.3 Å². The number of hydrogen-bond donors (Lipinski definition) is 0. The summed E-state index contributed by atoms with van der Waals surface area (Å²) in [7, 11) is 0. The highest BCUT2D eigenvalue weighted by molar-refractivity contribution is 6.45. The lowest BCUT2D eigenvalue weighted by molar-refractivity contribution is 0.0512. The summed E-state index contributed by atoms with van der Waals surface area (Å²) in [5, 5.41) is 4.40. The molecule has 2 aromatic carbocycles. The fourth-order valence-corrected chi connectivity index (χ4v) is 3.43. The molecule has 0 unspecified atom stereocenters. The average molecular weight is 437 g/mol. The molecule has 0 spiro atoms. The van der Waals surface area contributed by atoms with Crippen LogP contribution >= 0.6 is 23.2 Å². The Morgan fingerprint density at radius 1 is 1.17 bits per heavy atom. The van der Waals surface area contributed by atoms with Crippen molar-refractivity contribution in [3.8, 4) is 5.69 Å². The predicted octanol–water partition coefficient (Wildman–Crippen LogP) is 4.38. The fourth-order valence-electron chi connectivity index (χ4n) is 3.02. The van der Waals surface area contributed by atoms with Gasteiger partial charge in [-0.2, -0.15) is 0 Å². The number of nitrogens with zero attached hydrogens (tertiary/aromatic N) is 4. The van der Waals surface area contributed by atoms with Crippen LogP contribution in [0.5, 0.6) is 0 Å². The van der Waals surface area contributed by atoms with Gasteiger partial charge in [-0.3, -0.25) is 4.99 Å². The first-order valence-electron chi connectivity index (χ1n) is 8.53. The van der Waals surface area contributed by atoms with Crippen LogP contribution in [0, 0.1) is 11.6 Å². The Morgan fingerprint density at radius 3 is 2.59 bits per heavy atom. The Balaban J connectivity index is 1.98. The van der Waals surface area contributed by atoms with Gasteiger partial charge in [0.25, 0.3) is 5.82 Å². The number of ether oxygens (including phenoxy) is 1. The number of aromatic nitrogens is 3. The molecule has 6 nitrogen and oxygen atoms in total. The molecule has 148 valence electrons. The number of carbonyl (C=O) groups is 1. The van der Waals surface area contributed by atoms with Crippen LogP contribution in [0.4, 0.5) is 8.78 Å². The molecule has 1 aliphatic rings. The topological polar surface area (TPSA) is 69.4 Å². The Hall–Kier alpha value is -2.84. The van der Waals surface area contributed by atoms with Crippen LogP contribution in [0.15, 0.2) is 35.3 Å². The van der Waals surface area contributed by atoms with E-state index < -0.39 is 17.6 Å². The van der Waals surface area contributed by atoms with Crippen LogP contribution in [0.3, 0.4) is 0 Å². The zero-order valence-corrected chi connectivity index (χ0v) is 16.4. The van der Waals surface area contributed by atoms with E-state index in [0.29, 0.717) is 5.69 Å². The van der Waals surface area contributed by atoms with Crippen molar-refractivity contribution in [2.45, 2.75) is 13.5 Å². The Bertz CT molecular complexity index is 1160. The van der Waals surface area contributed by atoms with Crippen LogP contribution in [-0.2, 0) is 11.3 Å². The third kappa shape index (κ3) is 3.28. The Kier molecular flexibility index (Phi) is 5.06. The van der Waals surface area contributed by atoms with Crippen molar-refractivity contribution in [1.29, 1.82) is 0 Å². The highest BCUT2D eigenvalue weighted by atomic mass is 35.5. The molecular weight excluding hydrogens is 425 g/mol. The predicted molar refractivity (Wildman–Crippen MR) is 103 cm³/mol. The van der Waals surface area contributed by atoms with Crippen molar-refractivity contribution in [3.05, 3.63) is 74.8 Å². The van der Waals surface area contributed by atoms with Crippen LogP contribution in [0.1, 0.15) is 34.5 Å². The maximum Gasteiger partial charge on any atom is 0.378 e. The molecule has 1 aromatic heterocycles. The van der Waals surface area contributed by atoms with Gasteiger partial charge in [0.05, 0.1) is 40.2 Å². The fraction of sp³-hybridized carbons (Fsp3) is 0.158. The number of carbonyl (C=O) groups excluding carboxylic acids is 1. The van der Waals surface area contributed by atoms with E-state index in [4.69, 9.17) is 27.9 Å². The monoisotopic (exact) mass is 436 g/mol. The maximum absolute atomic E-state index is 14.5. The van der Waals surface area contributed by atoms with Gasteiger partial charge in [-0.15, -0.1) is 5.10 Å². The molecule has 0 N–H and O–H groups in total. The summed E-state index contributed by atoms with van der Waals surface area (Å²) in [5.74, 6) is -2.18. The van der Waals surface area contributed by atoms with E-state index in [1.54, 1.807) is 13.0 Å². The van der Waals surface area contributed by atoms with E-state index in [-0.39, 0.29) is 51.7 Å².